The Morgan fingerprint density at radius 2 is 1.85 bits per heavy atom. The first kappa shape index (κ1) is 14.7. The Hall–Kier alpha value is -1.75. The van der Waals surface area contributed by atoms with Crippen LogP contribution in [0.4, 0.5) is 14.5 Å². The fraction of sp³-hybridized carbons (Fsp3) is 0.133. The van der Waals surface area contributed by atoms with Crippen LogP contribution in [0.1, 0.15) is 11.1 Å². The van der Waals surface area contributed by atoms with Gasteiger partial charge in [0.2, 0.25) is 5.91 Å². The van der Waals surface area contributed by atoms with E-state index in [1.807, 2.05) is 6.92 Å². The van der Waals surface area contributed by atoms with Crippen molar-refractivity contribution in [3.05, 3.63) is 63.6 Å². The minimum atomic E-state index is -0.716. The molecule has 0 unspecified atom stereocenters. The fourth-order valence-electron chi connectivity index (χ4n) is 1.79. The molecule has 1 amide bonds. The van der Waals surface area contributed by atoms with Gasteiger partial charge in [0.1, 0.15) is 11.6 Å². The maximum atomic E-state index is 13.4. The number of carbonyl (C=O) groups is 1. The van der Waals surface area contributed by atoms with Crippen LogP contribution in [0.2, 0.25) is 0 Å². The summed E-state index contributed by atoms with van der Waals surface area (Å²) in [6.07, 6.45) is -0.340. The molecule has 0 aromatic heterocycles. The zero-order valence-corrected chi connectivity index (χ0v) is 12.3. The van der Waals surface area contributed by atoms with Gasteiger partial charge in [0.25, 0.3) is 0 Å². The molecule has 0 heterocycles. The van der Waals surface area contributed by atoms with E-state index in [2.05, 4.69) is 21.2 Å². The Morgan fingerprint density at radius 1 is 1.20 bits per heavy atom. The Balaban J connectivity index is 2.11. The average Bonchev–Trinajstić information content (AvgIpc) is 2.38. The lowest BCUT2D eigenvalue weighted by atomic mass is 10.1. The Kier molecular flexibility index (Phi) is 4.49. The van der Waals surface area contributed by atoms with Crippen molar-refractivity contribution >= 4 is 27.5 Å². The number of anilines is 1. The number of hydrogen-bond acceptors (Lipinski definition) is 1. The number of halogens is 3. The molecular weight excluding hydrogens is 328 g/mol. The summed E-state index contributed by atoms with van der Waals surface area (Å²) in [5.41, 5.74) is 1.33. The zero-order valence-electron chi connectivity index (χ0n) is 10.7. The highest BCUT2D eigenvalue weighted by atomic mass is 79.9. The van der Waals surface area contributed by atoms with Gasteiger partial charge in [-0.2, -0.15) is 0 Å². The van der Waals surface area contributed by atoms with E-state index in [1.54, 1.807) is 18.2 Å². The van der Waals surface area contributed by atoms with Crippen molar-refractivity contribution in [1.82, 2.24) is 0 Å². The number of amides is 1. The molecule has 2 rings (SSSR count). The van der Waals surface area contributed by atoms with Gasteiger partial charge in [0.15, 0.2) is 0 Å². The summed E-state index contributed by atoms with van der Waals surface area (Å²) in [7, 11) is 0. The van der Waals surface area contributed by atoms with Crippen molar-refractivity contribution in [3.8, 4) is 0 Å². The third kappa shape index (κ3) is 3.42. The number of benzene rings is 2. The molecular formula is C15H12BrF2NO. The van der Waals surface area contributed by atoms with Crippen LogP contribution in [0.5, 0.6) is 0 Å². The summed E-state index contributed by atoms with van der Waals surface area (Å²) >= 11 is 3.36. The molecule has 0 atom stereocenters. The molecule has 0 saturated heterocycles. The molecule has 0 saturated carbocycles. The van der Waals surface area contributed by atoms with E-state index < -0.39 is 17.5 Å². The van der Waals surface area contributed by atoms with Gasteiger partial charge >= 0.3 is 0 Å². The predicted molar refractivity (Wildman–Crippen MR) is 77.6 cm³/mol. The van der Waals surface area contributed by atoms with Crippen LogP contribution in [0.3, 0.4) is 0 Å². The molecule has 20 heavy (non-hydrogen) atoms. The van der Waals surface area contributed by atoms with Gasteiger partial charge < -0.3 is 5.32 Å². The number of nitrogens with one attached hydrogen (secondary N) is 1. The normalized spacial score (nSPS) is 10.4. The van der Waals surface area contributed by atoms with Crippen molar-refractivity contribution in [2.45, 2.75) is 13.3 Å². The van der Waals surface area contributed by atoms with Gasteiger partial charge in [-0.1, -0.05) is 22.0 Å². The van der Waals surface area contributed by atoms with E-state index >= 15 is 0 Å². The average molecular weight is 340 g/mol. The number of hydrogen-bond donors (Lipinski definition) is 1. The van der Waals surface area contributed by atoms with Crippen LogP contribution < -0.4 is 5.32 Å². The van der Waals surface area contributed by atoms with E-state index in [0.29, 0.717) is 5.69 Å². The quantitative estimate of drug-likeness (QED) is 0.891. The second-order valence-electron chi connectivity index (χ2n) is 4.39. The highest BCUT2D eigenvalue weighted by Crippen LogP contribution is 2.20. The van der Waals surface area contributed by atoms with Crippen molar-refractivity contribution in [2.24, 2.45) is 0 Å². The lowest BCUT2D eigenvalue weighted by molar-refractivity contribution is -0.115. The number of carbonyl (C=O) groups excluding carboxylic acids is 1. The lowest BCUT2D eigenvalue weighted by Crippen LogP contribution is -2.16. The second-order valence-corrected chi connectivity index (χ2v) is 5.24. The van der Waals surface area contributed by atoms with E-state index in [0.717, 1.165) is 22.2 Å². The molecule has 0 aliphatic carbocycles. The molecule has 0 spiro atoms. The van der Waals surface area contributed by atoms with Gasteiger partial charge in [0.05, 0.1) is 6.42 Å². The maximum absolute atomic E-state index is 13.4. The Bertz CT molecular complexity index is 638. The van der Waals surface area contributed by atoms with E-state index in [1.165, 1.54) is 6.07 Å². The maximum Gasteiger partial charge on any atom is 0.229 e. The van der Waals surface area contributed by atoms with Crippen LogP contribution in [0, 0.1) is 18.6 Å². The highest BCUT2D eigenvalue weighted by molar-refractivity contribution is 9.10. The summed E-state index contributed by atoms with van der Waals surface area (Å²) < 4.78 is 27.8. The van der Waals surface area contributed by atoms with Crippen LogP contribution in [-0.2, 0) is 11.2 Å². The van der Waals surface area contributed by atoms with E-state index in [-0.39, 0.29) is 12.0 Å². The molecule has 2 aromatic rings. The molecule has 5 heteroatoms. The van der Waals surface area contributed by atoms with Crippen LogP contribution >= 0.6 is 15.9 Å². The van der Waals surface area contributed by atoms with Gasteiger partial charge in [0, 0.05) is 15.7 Å². The standard InChI is InChI=1S/C15H12BrF2NO/c1-9-7-10(5-6-12(9)16)19-15(20)8-11-13(17)3-2-4-14(11)18/h2-7H,8H2,1H3,(H,19,20). The molecule has 1 N–H and O–H groups in total. The number of rotatable bonds is 3. The van der Waals surface area contributed by atoms with Crippen LogP contribution in [0.25, 0.3) is 0 Å². The van der Waals surface area contributed by atoms with Crippen LogP contribution in [0.15, 0.2) is 40.9 Å². The molecule has 0 fully saturated rings. The first-order valence-corrected chi connectivity index (χ1v) is 6.75. The third-order valence-corrected chi connectivity index (χ3v) is 3.73. The monoisotopic (exact) mass is 339 g/mol. The zero-order chi connectivity index (χ0) is 14.7. The van der Waals surface area contributed by atoms with Crippen molar-refractivity contribution in [3.63, 3.8) is 0 Å². The summed E-state index contributed by atoms with van der Waals surface area (Å²) in [6.45, 7) is 1.89. The molecule has 104 valence electrons. The molecule has 0 radical (unpaired) electrons. The van der Waals surface area contributed by atoms with E-state index in [4.69, 9.17) is 0 Å². The molecule has 0 bridgehead atoms. The summed E-state index contributed by atoms with van der Waals surface area (Å²) in [5.74, 6) is -1.89. The molecule has 0 aliphatic heterocycles. The smallest absolute Gasteiger partial charge is 0.229 e. The van der Waals surface area contributed by atoms with Crippen LogP contribution in [-0.4, -0.2) is 5.91 Å². The fourth-order valence-corrected chi connectivity index (χ4v) is 2.04. The first-order chi connectivity index (χ1) is 9.47. The molecule has 2 aromatic carbocycles. The minimum Gasteiger partial charge on any atom is -0.326 e. The van der Waals surface area contributed by atoms with Gasteiger partial charge in [-0.15, -0.1) is 0 Å². The predicted octanol–water partition coefficient (Wildman–Crippen LogP) is 4.22. The summed E-state index contributed by atoms with van der Waals surface area (Å²) in [4.78, 5) is 11.8. The topological polar surface area (TPSA) is 29.1 Å². The largest absolute Gasteiger partial charge is 0.326 e. The van der Waals surface area contributed by atoms with Gasteiger partial charge in [-0.25, -0.2) is 8.78 Å². The van der Waals surface area contributed by atoms with Crippen molar-refractivity contribution in [2.75, 3.05) is 5.32 Å². The Morgan fingerprint density at radius 3 is 2.45 bits per heavy atom. The third-order valence-electron chi connectivity index (χ3n) is 2.84. The van der Waals surface area contributed by atoms with Gasteiger partial charge in [-0.3, -0.25) is 4.79 Å². The molecule has 0 aliphatic rings. The van der Waals surface area contributed by atoms with Gasteiger partial charge in [-0.05, 0) is 42.8 Å². The van der Waals surface area contributed by atoms with E-state index in [9.17, 15) is 13.6 Å². The minimum absolute atomic E-state index is 0.223. The lowest BCUT2D eigenvalue weighted by Gasteiger charge is -2.08. The number of aryl methyl sites for hydroxylation is 1. The Labute approximate surface area is 123 Å². The SMILES string of the molecule is Cc1cc(NC(=O)Cc2c(F)cccc2F)ccc1Br. The van der Waals surface area contributed by atoms with Crippen molar-refractivity contribution < 1.29 is 13.6 Å². The summed E-state index contributed by atoms with van der Waals surface area (Å²) in [5, 5.41) is 2.62. The second kappa shape index (κ2) is 6.13. The summed E-state index contributed by atoms with van der Waals surface area (Å²) in [6, 6.07) is 8.83. The van der Waals surface area contributed by atoms with Crippen molar-refractivity contribution in [1.29, 1.82) is 0 Å². The highest BCUT2D eigenvalue weighted by Gasteiger charge is 2.13. The molecule has 2 nitrogen and oxygen atoms in total. The first-order valence-electron chi connectivity index (χ1n) is 5.96.